The van der Waals surface area contributed by atoms with Gasteiger partial charge in [0.1, 0.15) is 0 Å². The molecular formula is C14H11NOSe. The molecule has 84 valence electrons. The number of nitrogens with zero attached hydrogens (tertiary/aromatic N) is 1. The summed E-state index contributed by atoms with van der Waals surface area (Å²) in [5.41, 5.74) is 2.32. The molecule has 1 heterocycles. The van der Waals surface area contributed by atoms with Gasteiger partial charge in [-0.05, 0) is 0 Å². The van der Waals surface area contributed by atoms with Crippen molar-refractivity contribution in [3.8, 4) is 5.69 Å². The summed E-state index contributed by atoms with van der Waals surface area (Å²) < 4.78 is 3.07. The molecule has 3 heteroatoms. The normalized spacial score (nSPS) is 10.9. The summed E-state index contributed by atoms with van der Waals surface area (Å²) in [5, 5.41) is 0.856. The van der Waals surface area contributed by atoms with E-state index in [9.17, 15) is 4.79 Å². The topological polar surface area (TPSA) is 22.0 Å². The van der Waals surface area contributed by atoms with Gasteiger partial charge < -0.3 is 0 Å². The van der Waals surface area contributed by atoms with Gasteiger partial charge in [0.25, 0.3) is 0 Å². The van der Waals surface area contributed by atoms with Crippen LogP contribution in [0, 0.1) is 6.92 Å². The predicted molar refractivity (Wildman–Crippen MR) is 71.2 cm³/mol. The minimum atomic E-state index is 0.0709. The molecule has 0 saturated carbocycles. The average molecular weight is 288 g/mol. The van der Waals surface area contributed by atoms with Crippen molar-refractivity contribution in [3.63, 3.8) is 0 Å². The van der Waals surface area contributed by atoms with E-state index in [1.54, 1.807) is 0 Å². The molecular weight excluding hydrogens is 277 g/mol. The fraction of sp³-hybridized carbons (Fsp3) is 0.0714. The van der Waals surface area contributed by atoms with Crippen LogP contribution >= 0.6 is 0 Å². The molecule has 0 aliphatic rings. The van der Waals surface area contributed by atoms with Crippen LogP contribution in [0.3, 0.4) is 0 Å². The summed E-state index contributed by atoms with van der Waals surface area (Å²) in [6.07, 6.45) is 0. The van der Waals surface area contributed by atoms with E-state index in [1.165, 1.54) is 9.82 Å². The zero-order chi connectivity index (χ0) is 11.8. The molecule has 0 aliphatic heterocycles. The molecule has 3 rings (SSSR count). The molecule has 0 fully saturated rings. The molecule has 2 aromatic carbocycles. The third kappa shape index (κ3) is 1.78. The fourth-order valence-corrected chi connectivity index (χ4v) is 3.97. The number of aromatic nitrogens is 1. The number of rotatable bonds is 1. The van der Waals surface area contributed by atoms with Gasteiger partial charge in [0, 0.05) is 0 Å². The monoisotopic (exact) mass is 289 g/mol. The SMILES string of the molecule is Cc1cccc(-n2[se]c3ccccc3c2=O)c1. The van der Waals surface area contributed by atoms with Crippen molar-refractivity contribution in [2.45, 2.75) is 6.92 Å². The van der Waals surface area contributed by atoms with Crippen LogP contribution in [0.2, 0.25) is 0 Å². The third-order valence-electron chi connectivity index (χ3n) is 2.73. The Balaban J connectivity index is 2.31. The van der Waals surface area contributed by atoms with E-state index in [0.29, 0.717) is 0 Å². The van der Waals surface area contributed by atoms with E-state index in [4.69, 9.17) is 0 Å². The summed E-state index contributed by atoms with van der Waals surface area (Å²) in [5.74, 6) is 0. The summed E-state index contributed by atoms with van der Waals surface area (Å²) in [7, 11) is 0. The first-order valence-corrected chi connectivity index (χ1v) is 7.06. The Bertz CT molecular complexity index is 739. The summed E-state index contributed by atoms with van der Waals surface area (Å²) in [6, 6.07) is 16.0. The van der Waals surface area contributed by atoms with Crippen molar-refractivity contribution in [2.75, 3.05) is 0 Å². The molecule has 0 radical (unpaired) electrons. The van der Waals surface area contributed by atoms with Crippen LogP contribution in [0.25, 0.3) is 15.3 Å². The van der Waals surface area contributed by atoms with Crippen LogP contribution in [-0.4, -0.2) is 18.3 Å². The van der Waals surface area contributed by atoms with Gasteiger partial charge in [0.2, 0.25) is 0 Å². The van der Waals surface area contributed by atoms with Crippen LogP contribution in [0.5, 0.6) is 0 Å². The molecule has 0 saturated heterocycles. The molecule has 0 unspecified atom stereocenters. The predicted octanol–water partition coefficient (Wildman–Crippen LogP) is 2.36. The van der Waals surface area contributed by atoms with Crippen molar-refractivity contribution < 1.29 is 0 Å². The molecule has 0 bridgehead atoms. The van der Waals surface area contributed by atoms with Crippen LogP contribution < -0.4 is 5.56 Å². The Kier molecular flexibility index (Phi) is 2.50. The van der Waals surface area contributed by atoms with Crippen molar-refractivity contribution in [1.82, 2.24) is 3.56 Å². The maximum atomic E-state index is 12.3. The van der Waals surface area contributed by atoms with Gasteiger partial charge in [-0.3, -0.25) is 0 Å². The fourth-order valence-electron chi connectivity index (χ4n) is 1.90. The Morgan fingerprint density at radius 3 is 2.65 bits per heavy atom. The number of fused-ring (bicyclic) bond motifs is 1. The molecule has 0 aliphatic carbocycles. The number of hydrogen-bond acceptors (Lipinski definition) is 1. The second kappa shape index (κ2) is 4.02. The molecule has 0 amide bonds. The van der Waals surface area contributed by atoms with Gasteiger partial charge in [-0.15, -0.1) is 0 Å². The van der Waals surface area contributed by atoms with Crippen molar-refractivity contribution in [3.05, 3.63) is 64.4 Å². The second-order valence-electron chi connectivity index (χ2n) is 4.03. The molecule has 0 spiro atoms. The Morgan fingerprint density at radius 1 is 1.06 bits per heavy atom. The van der Waals surface area contributed by atoms with E-state index >= 15 is 0 Å². The standard InChI is InChI=1S/C14H11NOSe/c1-10-5-4-6-11(9-10)15-14(16)12-7-2-3-8-13(12)17-15/h2-9H,1H3. The van der Waals surface area contributed by atoms with Crippen LogP contribution in [0.15, 0.2) is 53.3 Å². The van der Waals surface area contributed by atoms with Gasteiger partial charge in [-0.25, -0.2) is 0 Å². The van der Waals surface area contributed by atoms with E-state index in [2.05, 4.69) is 6.07 Å². The zero-order valence-electron chi connectivity index (χ0n) is 9.38. The number of hydrogen-bond donors (Lipinski definition) is 0. The average Bonchev–Trinajstić information content (AvgIpc) is 2.68. The van der Waals surface area contributed by atoms with Crippen molar-refractivity contribution in [2.24, 2.45) is 0 Å². The van der Waals surface area contributed by atoms with Gasteiger partial charge in [-0.2, -0.15) is 0 Å². The van der Waals surface area contributed by atoms with E-state index < -0.39 is 0 Å². The molecule has 2 nitrogen and oxygen atoms in total. The molecule has 0 atom stereocenters. The van der Waals surface area contributed by atoms with Crippen molar-refractivity contribution >= 4 is 24.4 Å². The molecule has 0 N–H and O–H groups in total. The molecule has 3 aromatic rings. The van der Waals surface area contributed by atoms with Crippen molar-refractivity contribution in [1.29, 1.82) is 0 Å². The van der Waals surface area contributed by atoms with E-state index in [0.717, 1.165) is 11.1 Å². The Hall–Kier alpha value is -1.57. The van der Waals surface area contributed by atoms with Crippen LogP contribution in [0.1, 0.15) is 5.56 Å². The minimum absolute atomic E-state index is 0.0709. The van der Waals surface area contributed by atoms with Gasteiger partial charge in [0.15, 0.2) is 0 Å². The van der Waals surface area contributed by atoms with Crippen LogP contribution in [0.4, 0.5) is 0 Å². The Morgan fingerprint density at radius 2 is 1.88 bits per heavy atom. The first kappa shape index (κ1) is 10.6. The van der Waals surface area contributed by atoms with Gasteiger partial charge in [-0.1, -0.05) is 0 Å². The van der Waals surface area contributed by atoms with E-state index in [1.807, 2.05) is 53.0 Å². The van der Waals surface area contributed by atoms with E-state index in [-0.39, 0.29) is 20.3 Å². The van der Waals surface area contributed by atoms with Crippen LogP contribution in [-0.2, 0) is 0 Å². The molecule has 17 heavy (non-hydrogen) atoms. The third-order valence-corrected chi connectivity index (χ3v) is 5.06. The summed E-state index contributed by atoms with van der Waals surface area (Å²) >= 11 is 0.0709. The number of aryl methyl sites for hydroxylation is 1. The number of benzene rings is 2. The zero-order valence-corrected chi connectivity index (χ0v) is 11.1. The van der Waals surface area contributed by atoms with Gasteiger partial charge in [0.05, 0.1) is 0 Å². The van der Waals surface area contributed by atoms with Gasteiger partial charge >= 0.3 is 105 Å². The Labute approximate surface area is 105 Å². The quantitative estimate of drug-likeness (QED) is 0.630. The summed E-state index contributed by atoms with van der Waals surface area (Å²) in [6.45, 7) is 2.05. The summed E-state index contributed by atoms with van der Waals surface area (Å²) in [4.78, 5) is 12.3. The first-order chi connectivity index (χ1) is 8.25. The maximum absolute atomic E-state index is 12.3. The molecule has 1 aromatic heterocycles. The second-order valence-corrected chi connectivity index (χ2v) is 6.10. The first-order valence-electron chi connectivity index (χ1n) is 5.44.